The molecule has 0 fully saturated rings. The van der Waals surface area contributed by atoms with Crippen LogP contribution < -0.4 is 5.11 Å². The van der Waals surface area contributed by atoms with E-state index in [-0.39, 0.29) is 10.6 Å². The second kappa shape index (κ2) is 5.75. The largest absolute Gasteiger partial charge is 0.616 e. The molecule has 1 aromatic rings. The molecule has 0 unspecified atom stereocenters. The minimum absolute atomic E-state index is 0.122. The Morgan fingerprint density at radius 3 is 2.25 bits per heavy atom. The van der Waals surface area contributed by atoms with E-state index < -0.39 is 16.0 Å². The highest BCUT2D eigenvalue weighted by Crippen LogP contribution is 2.15. The molecule has 1 aromatic carbocycles. The Hall–Kier alpha value is -2.34. The molecule has 0 aliphatic heterocycles. The lowest BCUT2D eigenvalue weighted by Crippen LogP contribution is -2.10. The Morgan fingerprint density at radius 2 is 1.70 bits per heavy atom. The predicted octanol–water partition coefficient (Wildman–Crippen LogP) is 1.16. The van der Waals surface area contributed by atoms with Crippen LogP contribution in [0.2, 0.25) is 0 Å². The average Bonchev–Trinajstić information content (AvgIpc) is 2.48. The van der Waals surface area contributed by atoms with Crippen molar-refractivity contribution in [2.24, 2.45) is 4.40 Å². The zero-order valence-electron chi connectivity index (χ0n) is 10.7. The van der Waals surface area contributed by atoms with Crippen molar-refractivity contribution >= 4 is 15.7 Å². The maximum absolute atomic E-state index is 12.0. The van der Waals surface area contributed by atoms with E-state index >= 15 is 0 Å². The molecular formula is C14H12NO4S-. The normalized spacial score (nSPS) is 14.2. The maximum atomic E-state index is 12.0. The molecule has 6 heteroatoms. The van der Waals surface area contributed by atoms with Crippen LogP contribution in [0.1, 0.15) is 0 Å². The fourth-order valence-electron chi connectivity index (χ4n) is 1.56. The summed E-state index contributed by atoms with van der Waals surface area (Å²) < 4.78 is 32.3. The van der Waals surface area contributed by atoms with Crippen molar-refractivity contribution < 1.29 is 18.3 Å². The highest BCUT2D eigenvalue weighted by atomic mass is 32.2. The summed E-state index contributed by atoms with van der Waals surface area (Å²) in [5.74, 6) is -0.484. The van der Waals surface area contributed by atoms with Crippen molar-refractivity contribution in [3.63, 3.8) is 0 Å². The van der Waals surface area contributed by atoms with E-state index in [0.717, 1.165) is 0 Å². The van der Waals surface area contributed by atoms with Crippen LogP contribution in [0.5, 0.6) is 0 Å². The highest BCUT2D eigenvalue weighted by molar-refractivity contribution is 7.90. The number of methoxy groups -OCH3 is 1. The number of hydrogen-bond acceptors (Lipinski definition) is 4. The number of benzene rings is 1. The molecule has 0 spiro atoms. The first-order valence-electron chi connectivity index (χ1n) is 5.74. The van der Waals surface area contributed by atoms with Crippen LogP contribution in [0.25, 0.3) is 0 Å². The fourth-order valence-corrected chi connectivity index (χ4v) is 2.57. The van der Waals surface area contributed by atoms with E-state index in [1.165, 1.54) is 43.5 Å². The summed E-state index contributed by atoms with van der Waals surface area (Å²) in [6, 6.07) is 7.93. The van der Waals surface area contributed by atoms with Gasteiger partial charge in [-0.25, -0.2) is 0 Å². The molecule has 0 radical (unpaired) electrons. The Morgan fingerprint density at radius 1 is 1.10 bits per heavy atom. The molecule has 0 heterocycles. The summed E-state index contributed by atoms with van der Waals surface area (Å²) in [4.78, 5) is 0.122. The first kappa shape index (κ1) is 14.1. The Labute approximate surface area is 117 Å². The highest BCUT2D eigenvalue weighted by Gasteiger charge is 2.12. The summed E-state index contributed by atoms with van der Waals surface area (Å²) in [6.07, 6.45) is 5.83. The SMILES string of the molecule is COC([O-])=C1C=CC(=NS(=O)(=O)c2ccccc2)C=C1. The topological polar surface area (TPSA) is 78.8 Å². The van der Waals surface area contributed by atoms with Crippen LogP contribution in [0.3, 0.4) is 0 Å². The lowest BCUT2D eigenvalue weighted by atomic mass is 10.1. The summed E-state index contributed by atoms with van der Waals surface area (Å²) in [6.45, 7) is 0. The zero-order valence-corrected chi connectivity index (χ0v) is 11.5. The third-order valence-electron chi connectivity index (χ3n) is 2.56. The quantitative estimate of drug-likeness (QED) is 0.782. The van der Waals surface area contributed by atoms with Gasteiger partial charge in [0, 0.05) is 0 Å². The van der Waals surface area contributed by atoms with Crippen LogP contribution in [-0.2, 0) is 14.8 Å². The second-order valence-corrected chi connectivity index (χ2v) is 5.52. The summed E-state index contributed by atoms with van der Waals surface area (Å²) >= 11 is 0. The molecule has 0 saturated heterocycles. The number of sulfonamides is 1. The monoisotopic (exact) mass is 290 g/mol. The molecule has 0 N–H and O–H groups in total. The van der Waals surface area contributed by atoms with Gasteiger partial charge < -0.3 is 9.84 Å². The van der Waals surface area contributed by atoms with Gasteiger partial charge in [-0.3, -0.25) is 0 Å². The maximum Gasteiger partial charge on any atom is 0.282 e. The third kappa shape index (κ3) is 3.16. The van der Waals surface area contributed by atoms with Crippen LogP contribution in [0, 0.1) is 0 Å². The molecular weight excluding hydrogens is 278 g/mol. The van der Waals surface area contributed by atoms with Crippen molar-refractivity contribution in [3.05, 3.63) is 66.2 Å². The second-order valence-electron chi connectivity index (χ2n) is 3.92. The number of rotatable bonds is 3. The fraction of sp³-hybridized carbons (Fsp3) is 0.0714. The lowest BCUT2D eigenvalue weighted by molar-refractivity contribution is -0.354. The van der Waals surface area contributed by atoms with Gasteiger partial charge in [-0.2, -0.15) is 12.8 Å². The molecule has 20 heavy (non-hydrogen) atoms. The summed E-state index contributed by atoms with van der Waals surface area (Å²) in [7, 11) is -2.46. The summed E-state index contributed by atoms with van der Waals surface area (Å²) in [5, 5.41) is 11.3. The number of hydrogen-bond donors (Lipinski definition) is 0. The van der Waals surface area contributed by atoms with Crippen molar-refractivity contribution in [2.45, 2.75) is 4.90 Å². The van der Waals surface area contributed by atoms with E-state index in [1.54, 1.807) is 18.2 Å². The van der Waals surface area contributed by atoms with Gasteiger partial charge in [-0.15, -0.1) is 0 Å². The van der Waals surface area contributed by atoms with Crippen LogP contribution in [0.15, 0.2) is 75.4 Å². The zero-order chi connectivity index (χ0) is 14.6. The standard InChI is InChI=1S/C14H13NO4S/c1-19-14(16)11-7-9-12(10-8-11)15-20(17,18)13-5-3-2-4-6-13/h2-10,16H,1H3/p-1. The van der Waals surface area contributed by atoms with Gasteiger partial charge in [0.1, 0.15) is 0 Å². The molecule has 5 nitrogen and oxygen atoms in total. The molecule has 1 aliphatic rings. The van der Waals surface area contributed by atoms with Gasteiger partial charge in [0.25, 0.3) is 10.0 Å². The van der Waals surface area contributed by atoms with Crippen LogP contribution in [0.4, 0.5) is 0 Å². The Kier molecular flexibility index (Phi) is 4.05. The predicted molar refractivity (Wildman–Crippen MR) is 73.4 cm³/mol. The van der Waals surface area contributed by atoms with Gasteiger partial charge in [0.05, 0.1) is 16.6 Å². The van der Waals surface area contributed by atoms with Crippen LogP contribution >= 0.6 is 0 Å². The third-order valence-corrected chi connectivity index (χ3v) is 3.87. The molecule has 0 atom stereocenters. The molecule has 0 saturated carbocycles. The van der Waals surface area contributed by atoms with Gasteiger partial charge in [0.2, 0.25) is 0 Å². The van der Waals surface area contributed by atoms with E-state index in [2.05, 4.69) is 9.13 Å². The molecule has 0 aromatic heterocycles. The average molecular weight is 290 g/mol. The van der Waals surface area contributed by atoms with E-state index in [1.807, 2.05) is 0 Å². The van der Waals surface area contributed by atoms with Gasteiger partial charge >= 0.3 is 0 Å². The molecule has 0 bridgehead atoms. The molecule has 1 aliphatic carbocycles. The molecule has 0 amide bonds. The number of nitrogens with zero attached hydrogens (tertiary/aromatic N) is 1. The van der Waals surface area contributed by atoms with Crippen molar-refractivity contribution in [1.29, 1.82) is 0 Å². The van der Waals surface area contributed by atoms with Crippen molar-refractivity contribution in [3.8, 4) is 0 Å². The van der Waals surface area contributed by atoms with Crippen LogP contribution in [-0.4, -0.2) is 21.2 Å². The number of ether oxygens (including phenoxy) is 1. The Bertz CT molecular complexity index is 695. The van der Waals surface area contributed by atoms with Crippen molar-refractivity contribution in [2.75, 3.05) is 7.11 Å². The minimum Gasteiger partial charge on any atom is -0.616 e. The van der Waals surface area contributed by atoms with Crippen molar-refractivity contribution in [1.82, 2.24) is 0 Å². The van der Waals surface area contributed by atoms with Gasteiger partial charge in [-0.05, 0) is 37.0 Å². The molecule has 104 valence electrons. The smallest absolute Gasteiger partial charge is 0.282 e. The van der Waals surface area contributed by atoms with E-state index in [0.29, 0.717) is 5.57 Å². The minimum atomic E-state index is -3.74. The Balaban J connectivity index is 2.30. The summed E-state index contributed by atoms with van der Waals surface area (Å²) in [5.41, 5.74) is 0.588. The van der Waals surface area contributed by atoms with Gasteiger partial charge in [0.15, 0.2) is 0 Å². The molecule has 2 rings (SSSR count). The first-order chi connectivity index (χ1) is 9.53. The lowest BCUT2D eigenvalue weighted by Gasteiger charge is -2.13. The first-order valence-corrected chi connectivity index (χ1v) is 7.18. The van der Waals surface area contributed by atoms with Gasteiger partial charge in [-0.1, -0.05) is 30.4 Å². The van der Waals surface area contributed by atoms with E-state index in [4.69, 9.17) is 0 Å². The van der Waals surface area contributed by atoms with E-state index in [9.17, 15) is 13.5 Å². The number of allylic oxidation sites excluding steroid dienone is 5.